The fraction of sp³-hybridized carbons (Fsp3) is 0.214. The van der Waals surface area contributed by atoms with Gasteiger partial charge in [0.2, 0.25) is 5.76 Å². The zero-order valence-electron chi connectivity index (χ0n) is 10.5. The summed E-state index contributed by atoms with van der Waals surface area (Å²) in [4.78, 5) is 25.1. The van der Waals surface area contributed by atoms with Gasteiger partial charge >= 0.3 is 5.97 Å². The second kappa shape index (κ2) is 4.80. The van der Waals surface area contributed by atoms with E-state index in [0.29, 0.717) is 6.54 Å². The number of carbonyl (C=O) groups excluding carboxylic acids is 1. The maximum Gasteiger partial charge on any atom is 0.312 e. The minimum Gasteiger partial charge on any atom is -0.481 e. The number of hydrogen-bond donors (Lipinski definition) is 1. The predicted octanol–water partition coefficient (Wildman–Crippen LogP) is 1.50. The molecule has 0 radical (unpaired) electrons. The van der Waals surface area contributed by atoms with Gasteiger partial charge < -0.3 is 14.5 Å². The Morgan fingerprint density at radius 3 is 2.80 bits per heavy atom. The molecule has 1 aromatic heterocycles. The van der Waals surface area contributed by atoms with Crippen LogP contribution in [0.5, 0.6) is 0 Å². The molecule has 1 aromatic carbocycles. The highest BCUT2D eigenvalue weighted by Crippen LogP contribution is 2.29. The van der Waals surface area contributed by atoms with E-state index in [1.807, 2.05) is 18.2 Å². The first kappa shape index (κ1) is 12.4. The zero-order valence-corrected chi connectivity index (χ0v) is 10.5. The molecule has 6 nitrogen and oxygen atoms in total. The summed E-state index contributed by atoms with van der Waals surface area (Å²) in [5, 5.41) is 12.8. The number of carbonyl (C=O) groups is 2. The smallest absolute Gasteiger partial charge is 0.312 e. The van der Waals surface area contributed by atoms with Crippen molar-refractivity contribution in [2.75, 3.05) is 6.54 Å². The lowest BCUT2D eigenvalue weighted by Crippen LogP contribution is -2.40. The highest BCUT2D eigenvalue weighted by Gasteiger charge is 2.33. The van der Waals surface area contributed by atoms with Crippen LogP contribution >= 0.6 is 0 Å². The van der Waals surface area contributed by atoms with Crippen molar-refractivity contribution in [1.29, 1.82) is 0 Å². The van der Waals surface area contributed by atoms with Gasteiger partial charge in [0, 0.05) is 19.2 Å². The molecule has 2 aromatic rings. The Hall–Kier alpha value is -2.63. The number of aliphatic carboxylic acids is 1. The number of aromatic nitrogens is 1. The summed E-state index contributed by atoms with van der Waals surface area (Å²) in [6.45, 7) is 0.505. The monoisotopic (exact) mass is 272 g/mol. The van der Waals surface area contributed by atoms with Gasteiger partial charge in [-0.15, -0.1) is 0 Å². The van der Waals surface area contributed by atoms with E-state index >= 15 is 0 Å². The third-order valence-electron chi connectivity index (χ3n) is 3.43. The summed E-state index contributed by atoms with van der Waals surface area (Å²) < 4.78 is 4.84. The van der Waals surface area contributed by atoms with Crippen molar-refractivity contribution in [2.24, 2.45) is 0 Å². The SMILES string of the molecule is O=C(O)C1CN(C(=O)c2ccno2)Cc2ccccc21. The third kappa shape index (κ3) is 2.05. The molecule has 102 valence electrons. The van der Waals surface area contributed by atoms with Crippen molar-refractivity contribution in [1.82, 2.24) is 10.1 Å². The van der Waals surface area contributed by atoms with E-state index in [9.17, 15) is 14.7 Å². The van der Waals surface area contributed by atoms with Crippen LogP contribution in [0, 0.1) is 0 Å². The average molecular weight is 272 g/mol. The lowest BCUT2D eigenvalue weighted by molar-refractivity contribution is -0.139. The van der Waals surface area contributed by atoms with Crippen LogP contribution in [0.15, 0.2) is 41.1 Å². The van der Waals surface area contributed by atoms with Gasteiger partial charge in [0.1, 0.15) is 0 Å². The zero-order chi connectivity index (χ0) is 14.1. The Kier molecular flexibility index (Phi) is 2.98. The summed E-state index contributed by atoms with van der Waals surface area (Å²) in [5.41, 5.74) is 1.61. The summed E-state index contributed by atoms with van der Waals surface area (Å²) in [5.74, 6) is -1.88. The lowest BCUT2D eigenvalue weighted by Gasteiger charge is -2.32. The van der Waals surface area contributed by atoms with E-state index in [2.05, 4.69) is 5.16 Å². The Morgan fingerprint density at radius 1 is 1.30 bits per heavy atom. The van der Waals surface area contributed by atoms with Crippen molar-refractivity contribution >= 4 is 11.9 Å². The van der Waals surface area contributed by atoms with Crippen molar-refractivity contribution < 1.29 is 19.2 Å². The van der Waals surface area contributed by atoms with Crippen LogP contribution in [0.25, 0.3) is 0 Å². The van der Waals surface area contributed by atoms with E-state index in [0.717, 1.165) is 11.1 Å². The van der Waals surface area contributed by atoms with E-state index in [4.69, 9.17) is 4.52 Å². The quantitative estimate of drug-likeness (QED) is 0.895. The molecule has 3 rings (SSSR count). The molecule has 0 spiro atoms. The second-order valence-corrected chi connectivity index (χ2v) is 4.65. The number of fused-ring (bicyclic) bond motifs is 1. The molecule has 1 aliphatic heterocycles. The first-order valence-corrected chi connectivity index (χ1v) is 6.17. The van der Waals surface area contributed by atoms with Gasteiger partial charge in [-0.2, -0.15) is 0 Å². The number of carboxylic acid groups (broad SMARTS) is 1. The van der Waals surface area contributed by atoms with Gasteiger partial charge in [0.05, 0.1) is 12.1 Å². The minimum atomic E-state index is -0.937. The molecular formula is C14H12N2O4. The first-order valence-electron chi connectivity index (χ1n) is 6.17. The van der Waals surface area contributed by atoms with Crippen LogP contribution < -0.4 is 0 Å². The highest BCUT2D eigenvalue weighted by atomic mass is 16.5. The maximum absolute atomic E-state index is 12.2. The van der Waals surface area contributed by atoms with Crippen LogP contribution in [0.2, 0.25) is 0 Å². The number of rotatable bonds is 2. The van der Waals surface area contributed by atoms with Gasteiger partial charge in [0.25, 0.3) is 5.91 Å². The lowest BCUT2D eigenvalue weighted by atomic mass is 9.89. The average Bonchev–Trinajstić information content (AvgIpc) is 2.99. The molecule has 0 aliphatic carbocycles. The normalized spacial score (nSPS) is 17.6. The van der Waals surface area contributed by atoms with Crippen LogP contribution in [-0.4, -0.2) is 33.6 Å². The van der Waals surface area contributed by atoms with Crippen LogP contribution in [0.1, 0.15) is 27.6 Å². The van der Waals surface area contributed by atoms with E-state index < -0.39 is 11.9 Å². The number of benzene rings is 1. The Labute approximate surface area is 114 Å². The van der Waals surface area contributed by atoms with Gasteiger partial charge in [-0.1, -0.05) is 29.4 Å². The predicted molar refractivity (Wildman–Crippen MR) is 68.1 cm³/mol. The summed E-state index contributed by atoms with van der Waals surface area (Å²) >= 11 is 0. The standard InChI is InChI=1S/C14H12N2O4/c17-13(12-5-6-15-20-12)16-7-9-3-1-2-4-10(9)11(8-16)14(18)19/h1-6,11H,7-8H2,(H,18,19). The largest absolute Gasteiger partial charge is 0.481 e. The fourth-order valence-corrected chi connectivity index (χ4v) is 2.45. The number of amides is 1. The Bertz CT molecular complexity index is 651. The third-order valence-corrected chi connectivity index (χ3v) is 3.43. The van der Waals surface area contributed by atoms with Gasteiger partial charge in [-0.05, 0) is 11.1 Å². The molecular weight excluding hydrogens is 260 g/mol. The molecule has 0 bridgehead atoms. The van der Waals surface area contributed by atoms with Crippen LogP contribution in [0.3, 0.4) is 0 Å². The Morgan fingerprint density at radius 2 is 2.10 bits per heavy atom. The topological polar surface area (TPSA) is 83.6 Å². The van der Waals surface area contributed by atoms with Crippen molar-refractivity contribution in [3.8, 4) is 0 Å². The summed E-state index contributed by atoms with van der Waals surface area (Å²) in [6.07, 6.45) is 1.39. The molecule has 0 saturated carbocycles. The molecule has 1 N–H and O–H groups in total. The van der Waals surface area contributed by atoms with E-state index in [1.54, 1.807) is 6.07 Å². The van der Waals surface area contributed by atoms with E-state index in [-0.39, 0.29) is 18.2 Å². The number of carboxylic acids is 1. The molecule has 20 heavy (non-hydrogen) atoms. The fourth-order valence-electron chi connectivity index (χ4n) is 2.45. The molecule has 1 amide bonds. The van der Waals surface area contributed by atoms with Gasteiger partial charge in [-0.25, -0.2) is 0 Å². The molecule has 0 saturated heterocycles. The van der Waals surface area contributed by atoms with Crippen molar-refractivity contribution in [3.05, 3.63) is 53.4 Å². The molecule has 1 unspecified atom stereocenters. The van der Waals surface area contributed by atoms with Gasteiger partial charge in [0.15, 0.2) is 0 Å². The van der Waals surface area contributed by atoms with Crippen LogP contribution in [-0.2, 0) is 11.3 Å². The number of nitrogens with zero attached hydrogens (tertiary/aromatic N) is 2. The second-order valence-electron chi connectivity index (χ2n) is 4.65. The Balaban J connectivity index is 1.94. The van der Waals surface area contributed by atoms with Crippen molar-refractivity contribution in [3.63, 3.8) is 0 Å². The van der Waals surface area contributed by atoms with Crippen LogP contribution in [0.4, 0.5) is 0 Å². The highest BCUT2D eigenvalue weighted by molar-refractivity contribution is 5.92. The number of hydrogen-bond acceptors (Lipinski definition) is 4. The molecule has 6 heteroatoms. The molecule has 0 fully saturated rings. The summed E-state index contributed by atoms with van der Waals surface area (Å²) in [7, 11) is 0. The molecule has 1 atom stereocenters. The first-order chi connectivity index (χ1) is 9.66. The van der Waals surface area contributed by atoms with Gasteiger partial charge in [-0.3, -0.25) is 9.59 Å². The minimum absolute atomic E-state index is 0.119. The van der Waals surface area contributed by atoms with Crippen molar-refractivity contribution in [2.45, 2.75) is 12.5 Å². The molecule has 2 heterocycles. The van der Waals surface area contributed by atoms with E-state index in [1.165, 1.54) is 17.2 Å². The summed E-state index contributed by atoms with van der Waals surface area (Å²) in [6, 6.07) is 8.75. The molecule has 1 aliphatic rings. The maximum atomic E-state index is 12.2.